The average molecular weight is 255 g/mol. The van der Waals surface area contributed by atoms with Gasteiger partial charge in [0.15, 0.2) is 0 Å². The van der Waals surface area contributed by atoms with Crippen molar-refractivity contribution in [2.75, 3.05) is 26.7 Å². The van der Waals surface area contributed by atoms with E-state index < -0.39 is 0 Å². The fourth-order valence-corrected chi connectivity index (χ4v) is 2.36. The van der Waals surface area contributed by atoms with E-state index in [2.05, 4.69) is 25.8 Å². The minimum absolute atomic E-state index is 0.133. The van der Waals surface area contributed by atoms with Gasteiger partial charge < -0.3 is 15.5 Å². The standard InChI is InChI=1S/C14H29N3O/c1-5-13(15)14(18)17-8-6-12(7-9-17)10-16(4)11(2)3/h11-13H,5-10,15H2,1-4H3/t13-/m0/s1. The normalized spacial score (nSPS) is 19.6. The molecule has 1 atom stereocenters. The Morgan fingerprint density at radius 3 is 2.39 bits per heavy atom. The van der Waals surface area contributed by atoms with Crippen LogP contribution in [0.4, 0.5) is 0 Å². The van der Waals surface area contributed by atoms with Gasteiger partial charge in [0.05, 0.1) is 6.04 Å². The number of piperidine rings is 1. The van der Waals surface area contributed by atoms with Crippen LogP contribution in [0.25, 0.3) is 0 Å². The van der Waals surface area contributed by atoms with E-state index in [4.69, 9.17) is 5.73 Å². The van der Waals surface area contributed by atoms with Crippen LogP contribution in [0, 0.1) is 5.92 Å². The third kappa shape index (κ3) is 4.25. The molecule has 0 saturated carbocycles. The van der Waals surface area contributed by atoms with Gasteiger partial charge >= 0.3 is 0 Å². The van der Waals surface area contributed by atoms with Crippen molar-refractivity contribution in [3.8, 4) is 0 Å². The first-order chi connectivity index (χ1) is 8.45. The molecule has 0 aromatic rings. The van der Waals surface area contributed by atoms with Gasteiger partial charge in [-0.05, 0) is 46.1 Å². The van der Waals surface area contributed by atoms with Crippen LogP contribution < -0.4 is 5.73 Å². The molecule has 4 heteroatoms. The maximum Gasteiger partial charge on any atom is 0.239 e. The van der Waals surface area contributed by atoms with Crippen LogP contribution >= 0.6 is 0 Å². The summed E-state index contributed by atoms with van der Waals surface area (Å²) in [4.78, 5) is 16.3. The smallest absolute Gasteiger partial charge is 0.239 e. The number of hydrogen-bond donors (Lipinski definition) is 1. The van der Waals surface area contributed by atoms with Crippen molar-refractivity contribution in [1.29, 1.82) is 0 Å². The van der Waals surface area contributed by atoms with E-state index in [-0.39, 0.29) is 11.9 Å². The van der Waals surface area contributed by atoms with Crippen LogP contribution in [0.3, 0.4) is 0 Å². The summed E-state index contributed by atoms with van der Waals surface area (Å²) in [5.74, 6) is 0.854. The Morgan fingerprint density at radius 2 is 1.94 bits per heavy atom. The predicted molar refractivity (Wildman–Crippen MR) is 75.3 cm³/mol. The van der Waals surface area contributed by atoms with Crippen molar-refractivity contribution in [3.05, 3.63) is 0 Å². The van der Waals surface area contributed by atoms with Crippen molar-refractivity contribution in [2.45, 2.75) is 52.1 Å². The lowest BCUT2D eigenvalue weighted by Crippen LogP contribution is -2.48. The minimum atomic E-state index is -0.306. The van der Waals surface area contributed by atoms with Gasteiger partial charge in [-0.2, -0.15) is 0 Å². The molecule has 0 bridgehead atoms. The molecule has 1 fully saturated rings. The summed E-state index contributed by atoms with van der Waals surface area (Å²) >= 11 is 0. The van der Waals surface area contributed by atoms with Crippen LogP contribution in [-0.4, -0.2) is 54.5 Å². The Labute approximate surface area is 111 Å². The highest BCUT2D eigenvalue weighted by atomic mass is 16.2. The minimum Gasteiger partial charge on any atom is -0.341 e. The van der Waals surface area contributed by atoms with Gasteiger partial charge in [0, 0.05) is 25.7 Å². The molecule has 1 saturated heterocycles. The largest absolute Gasteiger partial charge is 0.341 e. The molecule has 0 aromatic heterocycles. The van der Waals surface area contributed by atoms with Crippen molar-refractivity contribution >= 4 is 5.91 Å². The highest BCUT2D eigenvalue weighted by Gasteiger charge is 2.26. The molecule has 1 heterocycles. The van der Waals surface area contributed by atoms with Crippen molar-refractivity contribution < 1.29 is 4.79 Å². The number of carbonyl (C=O) groups excluding carboxylic acids is 1. The highest BCUT2D eigenvalue weighted by Crippen LogP contribution is 2.19. The van der Waals surface area contributed by atoms with E-state index in [0.29, 0.717) is 6.04 Å². The van der Waals surface area contributed by atoms with E-state index in [1.54, 1.807) is 0 Å². The number of nitrogens with zero attached hydrogens (tertiary/aromatic N) is 2. The number of nitrogens with two attached hydrogens (primary N) is 1. The fourth-order valence-electron chi connectivity index (χ4n) is 2.36. The van der Waals surface area contributed by atoms with E-state index in [1.165, 1.54) is 0 Å². The third-order valence-electron chi connectivity index (χ3n) is 4.11. The molecule has 1 aliphatic heterocycles. The van der Waals surface area contributed by atoms with Gasteiger partial charge in [-0.15, -0.1) is 0 Å². The van der Waals surface area contributed by atoms with Crippen LogP contribution in [0.15, 0.2) is 0 Å². The molecule has 0 unspecified atom stereocenters. The summed E-state index contributed by atoms with van der Waals surface area (Å²) in [5.41, 5.74) is 5.80. The molecule has 4 nitrogen and oxygen atoms in total. The number of likely N-dealkylation sites (tertiary alicyclic amines) is 1. The Bertz CT molecular complexity index is 260. The second-order valence-electron chi connectivity index (χ2n) is 5.82. The van der Waals surface area contributed by atoms with Crippen LogP contribution in [0.1, 0.15) is 40.0 Å². The van der Waals surface area contributed by atoms with Crippen LogP contribution in [0.5, 0.6) is 0 Å². The van der Waals surface area contributed by atoms with Gasteiger partial charge in [0.1, 0.15) is 0 Å². The molecule has 1 aliphatic rings. The molecule has 0 aromatic carbocycles. The van der Waals surface area contributed by atoms with Gasteiger partial charge in [0.2, 0.25) is 5.91 Å². The second-order valence-corrected chi connectivity index (χ2v) is 5.82. The summed E-state index contributed by atoms with van der Waals surface area (Å²) in [6, 6.07) is 0.290. The van der Waals surface area contributed by atoms with Crippen LogP contribution in [0.2, 0.25) is 0 Å². The van der Waals surface area contributed by atoms with Crippen molar-refractivity contribution in [3.63, 3.8) is 0 Å². The van der Waals surface area contributed by atoms with Gasteiger partial charge in [-0.25, -0.2) is 0 Å². The van der Waals surface area contributed by atoms with E-state index in [1.807, 2.05) is 11.8 Å². The zero-order valence-corrected chi connectivity index (χ0v) is 12.4. The lowest BCUT2D eigenvalue weighted by Gasteiger charge is -2.35. The Hall–Kier alpha value is -0.610. The second kappa shape index (κ2) is 7.10. The maximum absolute atomic E-state index is 12.0. The highest BCUT2D eigenvalue weighted by molar-refractivity contribution is 5.81. The van der Waals surface area contributed by atoms with Crippen molar-refractivity contribution in [2.24, 2.45) is 11.7 Å². The Balaban J connectivity index is 2.35. The first-order valence-corrected chi connectivity index (χ1v) is 7.20. The summed E-state index contributed by atoms with van der Waals surface area (Å²) < 4.78 is 0. The van der Waals surface area contributed by atoms with Gasteiger partial charge in [-0.3, -0.25) is 4.79 Å². The topological polar surface area (TPSA) is 49.6 Å². The number of carbonyl (C=O) groups is 1. The van der Waals surface area contributed by atoms with Gasteiger partial charge in [-0.1, -0.05) is 6.92 Å². The molecule has 0 radical (unpaired) electrons. The van der Waals surface area contributed by atoms with E-state index >= 15 is 0 Å². The molecule has 1 amide bonds. The molecular weight excluding hydrogens is 226 g/mol. The van der Waals surface area contributed by atoms with E-state index in [0.717, 1.165) is 44.8 Å². The molecule has 18 heavy (non-hydrogen) atoms. The Kier molecular flexibility index (Phi) is 6.09. The SMILES string of the molecule is CC[C@H](N)C(=O)N1CCC(CN(C)C(C)C)CC1. The first-order valence-electron chi connectivity index (χ1n) is 7.20. The molecule has 1 rings (SSSR count). The Morgan fingerprint density at radius 1 is 1.39 bits per heavy atom. The number of amides is 1. The van der Waals surface area contributed by atoms with Crippen LogP contribution in [-0.2, 0) is 4.79 Å². The monoisotopic (exact) mass is 255 g/mol. The summed E-state index contributed by atoms with van der Waals surface area (Å²) in [6.07, 6.45) is 2.95. The summed E-state index contributed by atoms with van der Waals surface area (Å²) in [7, 11) is 2.18. The summed E-state index contributed by atoms with van der Waals surface area (Å²) in [5, 5.41) is 0. The predicted octanol–water partition coefficient (Wildman–Crippen LogP) is 1.30. The zero-order chi connectivity index (χ0) is 13.7. The third-order valence-corrected chi connectivity index (χ3v) is 4.11. The fraction of sp³-hybridized carbons (Fsp3) is 0.929. The molecular formula is C14H29N3O. The molecule has 106 valence electrons. The lowest BCUT2D eigenvalue weighted by atomic mass is 9.95. The lowest BCUT2D eigenvalue weighted by molar-refractivity contribution is -0.134. The van der Waals surface area contributed by atoms with E-state index in [9.17, 15) is 4.79 Å². The number of hydrogen-bond acceptors (Lipinski definition) is 3. The quantitative estimate of drug-likeness (QED) is 0.805. The van der Waals surface area contributed by atoms with Gasteiger partial charge in [0.25, 0.3) is 0 Å². The first kappa shape index (κ1) is 15.4. The maximum atomic E-state index is 12.0. The average Bonchev–Trinajstić information content (AvgIpc) is 2.37. The zero-order valence-electron chi connectivity index (χ0n) is 12.4. The van der Waals surface area contributed by atoms with Crippen molar-refractivity contribution in [1.82, 2.24) is 9.80 Å². The molecule has 2 N–H and O–H groups in total. The molecule has 0 aliphatic carbocycles. The number of rotatable bonds is 5. The molecule has 0 spiro atoms. The summed E-state index contributed by atoms with van der Waals surface area (Å²) in [6.45, 7) is 9.30.